The summed E-state index contributed by atoms with van der Waals surface area (Å²) in [6.07, 6.45) is 27.1. The van der Waals surface area contributed by atoms with E-state index in [4.69, 9.17) is 9.47 Å². The fraction of sp³-hybridized carbons (Fsp3) is 0.848. The van der Waals surface area contributed by atoms with Crippen molar-refractivity contribution >= 4 is 5.91 Å². The van der Waals surface area contributed by atoms with Crippen molar-refractivity contribution in [3.8, 4) is 0 Å². The quantitative estimate of drug-likeness (QED) is 0.0371. The van der Waals surface area contributed by atoms with Crippen LogP contribution >= 0.6 is 0 Å². The third kappa shape index (κ3) is 24.1. The molecule has 0 spiro atoms. The van der Waals surface area contributed by atoms with Gasteiger partial charge >= 0.3 is 0 Å². The molecular weight excluding hydrogens is 695 g/mol. The van der Waals surface area contributed by atoms with Gasteiger partial charge < -0.3 is 40.3 Å². The molecule has 1 saturated heterocycles. The highest BCUT2D eigenvalue weighted by Gasteiger charge is 2.44. The summed E-state index contributed by atoms with van der Waals surface area (Å²) in [5.74, 6) is -0.158. The van der Waals surface area contributed by atoms with Crippen LogP contribution in [0, 0.1) is 0 Å². The number of hydrogen-bond donors (Lipinski definition) is 6. The summed E-state index contributed by atoms with van der Waals surface area (Å²) in [5.41, 5.74) is 1.28. The molecule has 320 valence electrons. The van der Waals surface area contributed by atoms with Crippen LogP contribution < -0.4 is 5.32 Å². The lowest BCUT2D eigenvalue weighted by molar-refractivity contribution is -0.302. The van der Waals surface area contributed by atoms with Crippen LogP contribution in [0.3, 0.4) is 0 Å². The molecule has 1 aromatic rings. The van der Waals surface area contributed by atoms with E-state index in [-0.39, 0.29) is 12.5 Å². The first kappa shape index (κ1) is 49.6. The molecule has 1 aliphatic rings. The van der Waals surface area contributed by atoms with Crippen LogP contribution in [0.2, 0.25) is 0 Å². The molecule has 9 heteroatoms. The van der Waals surface area contributed by atoms with Crippen LogP contribution in [0.15, 0.2) is 30.3 Å². The third-order valence-corrected chi connectivity index (χ3v) is 11.4. The monoisotopic (exact) mass is 778 g/mol. The lowest BCUT2D eigenvalue weighted by Gasteiger charge is -2.40. The average Bonchev–Trinajstić information content (AvgIpc) is 3.19. The van der Waals surface area contributed by atoms with Gasteiger partial charge in [0, 0.05) is 6.42 Å². The first-order chi connectivity index (χ1) is 26.9. The third-order valence-electron chi connectivity index (χ3n) is 11.4. The molecule has 1 aliphatic heterocycles. The topological polar surface area (TPSA) is 149 Å². The summed E-state index contributed by atoms with van der Waals surface area (Å²) in [5, 5.41) is 54.2. The lowest BCUT2D eigenvalue weighted by Crippen LogP contribution is -2.60. The first-order valence-corrected chi connectivity index (χ1v) is 22.8. The van der Waals surface area contributed by atoms with Crippen molar-refractivity contribution in [3.63, 3.8) is 0 Å². The number of unbranched alkanes of at least 4 members (excludes halogenated alkanes) is 24. The number of nitrogens with one attached hydrogen (secondary N) is 1. The fourth-order valence-electron chi connectivity index (χ4n) is 7.71. The van der Waals surface area contributed by atoms with E-state index in [0.717, 1.165) is 44.9 Å². The molecule has 0 aliphatic carbocycles. The van der Waals surface area contributed by atoms with Gasteiger partial charge in [-0.1, -0.05) is 191 Å². The van der Waals surface area contributed by atoms with Crippen molar-refractivity contribution in [2.75, 3.05) is 13.2 Å². The molecule has 0 bridgehead atoms. The van der Waals surface area contributed by atoms with Gasteiger partial charge in [-0.15, -0.1) is 0 Å². The molecule has 1 amide bonds. The Balaban J connectivity index is 1.54. The van der Waals surface area contributed by atoms with Crippen molar-refractivity contribution in [2.24, 2.45) is 0 Å². The summed E-state index contributed by atoms with van der Waals surface area (Å²) in [6, 6.07) is 9.55. The zero-order valence-corrected chi connectivity index (χ0v) is 34.8. The number of aryl methyl sites for hydroxylation is 1. The van der Waals surface area contributed by atoms with Crippen LogP contribution in [-0.2, 0) is 20.7 Å². The largest absolute Gasteiger partial charge is 0.394 e. The van der Waals surface area contributed by atoms with Crippen LogP contribution in [-0.4, -0.2) is 87.5 Å². The van der Waals surface area contributed by atoms with Gasteiger partial charge in [-0.2, -0.15) is 0 Å². The van der Waals surface area contributed by atoms with E-state index < -0.39 is 49.5 Å². The molecule has 9 nitrogen and oxygen atoms in total. The van der Waals surface area contributed by atoms with E-state index in [0.29, 0.717) is 12.8 Å². The van der Waals surface area contributed by atoms with Crippen molar-refractivity contribution in [1.82, 2.24) is 5.32 Å². The number of carbonyl (C=O) groups is 1. The molecule has 2 rings (SSSR count). The van der Waals surface area contributed by atoms with Gasteiger partial charge in [-0.05, 0) is 31.2 Å². The number of hydrogen-bond acceptors (Lipinski definition) is 8. The second-order valence-corrected chi connectivity index (χ2v) is 16.4. The zero-order chi connectivity index (χ0) is 39.8. The van der Waals surface area contributed by atoms with Crippen LogP contribution in [0.4, 0.5) is 0 Å². The van der Waals surface area contributed by atoms with Gasteiger partial charge in [0.2, 0.25) is 5.91 Å². The maximum absolute atomic E-state index is 13.0. The minimum absolute atomic E-state index is 0.154. The second-order valence-electron chi connectivity index (χ2n) is 16.4. The SMILES string of the molecule is CCCCCCCCCCCCCCCCCCCCCCCCCC(=O)N[C@@H](CO[C@H]1OC(CO)[C@H](O)C(O)C1O)[C@H](O)CCCCCc1ccccc1. The van der Waals surface area contributed by atoms with Crippen LogP contribution in [0.5, 0.6) is 0 Å². The lowest BCUT2D eigenvalue weighted by atomic mass is 9.99. The molecule has 0 radical (unpaired) electrons. The molecular formula is C46H83NO8. The first-order valence-electron chi connectivity index (χ1n) is 22.8. The maximum atomic E-state index is 13.0. The van der Waals surface area contributed by atoms with E-state index >= 15 is 0 Å². The number of ether oxygens (including phenoxy) is 2. The standard InChI is InChI=1S/C46H83NO8/c1-2-3-4-5-6-7-8-9-10-11-12-13-14-15-16-17-18-19-20-21-22-23-30-35-42(50)47-39(37-54-46-45(53)44(52)43(51)41(36-48)55-46)40(49)34-29-25-28-33-38-31-26-24-27-32-38/h24,26-27,31-32,39-41,43-46,48-49,51-53H,2-23,25,28-30,33-37H2,1H3,(H,47,50)/t39-,40+,41?,43-,44?,45?,46-/m0/s1. The summed E-state index contributed by atoms with van der Waals surface area (Å²) in [4.78, 5) is 13.0. The van der Waals surface area contributed by atoms with Crippen LogP contribution in [0.1, 0.15) is 192 Å². The Kier molecular flexibility index (Phi) is 30.1. The van der Waals surface area contributed by atoms with E-state index in [1.165, 1.54) is 134 Å². The highest BCUT2D eigenvalue weighted by Crippen LogP contribution is 2.23. The molecule has 3 unspecified atom stereocenters. The summed E-state index contributed by atoms with van der Waals surface area (Å²) >= 11 is 0. The summed E-state index contributed by atoms with van der Waals surface area (Å²) in [6.45, 7) is 1.57. The Hall–Kier alpha value is -1.59. The zero-order valence-electron chi connectivity index (χ0n) is 34.8. The number of rotatable bonds is 36. The highest BCUT2D eigenvalue weighted by atomic mass is 16.7. The van der Waals surface area contributed by atoms with E-state index in [1.54, 1.807) is 0 Å². The van der Waals surface area contributed by atoms with Crippen molar-refractivity contribution < 1.29 is 39.8 Å². The molecule has 1 fully saturated rings. The van der Waals surface area contributed by atoms with Gasteiger partial charge in [-0.25, -0.2) is 0 Å². The molecule has 0 saturated carbocycles. The maximum Gasteiger partial charge on any atom is 0.220 e. The predicted octanol–water partition coefficient (Wildman–Crippen LogP) is 8.83. The average molecular weight is 778 g/mol. The summed E-state index contributed by atoms with van der Waals surface area (Å²) in [7, 11) is 0. The van der Waals surface area contributed by atoms with Gasteiger partial charge in [0.1, 0.15) is 24.4 Å². The Bertz CT molecular complexity index is 1010. The van der Waals surface area contributed by atoms with Gasteiger partial charge in [0.15, 0.2) is 6.29 Å². The van der Waals surface area contributed by atoms with Crippen molar-refractivity contribution in [2.45, 2.75) is 236 Å². The predicted molar refractivity (Wildman–Crippen MR) is 223 cm³/mol. The molecule has 1 aromatic carbocycles. The Labute approximate surface area is 335 Å². The molecule has 0 aromatic heterocycles. The van der Waals surface area contributed by atoms with E-state index in [2.05, 4.69) is 24.4 Å². The van der Waals surface area contributed by atoms with Crippen molar-refractivity contribution in [3.05, 3.63) is 35.9 Å². The molecule has 6 N–H and O–H groups in total. The number of carbonyl (C=O) groups excluding carboxylic acids is 1. The van der Waals surface area contributed by atoms with Gasteiger partial charge in [0.25, 0.3) is 0 Å². The molecule has 1 heterocycles. The van der Waals surface area contributed by atoms with E-state index in [9.17, 15) is 30.3 Å². The number of amides is 1. The molecule has 55 heavy (non-hydrogen) atoms. The Morgan fingerprint density at radius 2 is 1.13 bits per heavy atom. The Morgan fingerprint density at radius 3 is 1.62 bits per heavy atom. The highest BCUT2D eigenvalue weighted by molar-refractivity contribution is 5.76. The summed E-state index contributed by atoms with van der Waals surface area (Å²) < 4.78 is 11.2. The van der Waals surface area contributed by atoms with Gasteiger partial charge in [-0.3, -0.25) is 4.79 Å². The van der Waals surface area contributed by atoms with Gasteiger partial charge in [0.05, 0.1) is 25.4 Å². The minimum atomic E-state index is -1.56. The fourth-order valence-corrected chi connectivity index (χ4v) is 7.71. The number of aliphatic hydroxyl groups excluding tert-OH is 5. The van der Waals surface area contributed by atoms with Crippen LogP contribution in [0.25, 0.3) is 0 Å². The smallest absolute Gasteiger partial charge is 0.220 e. The molecule has 7 atom stereocenters. The Morgan fingerprint density at radius 1 is 0.655 bits per heavy atom. The number of benzene rings is 1. The van der Waals surface area contributed by atoms with E-state index in [1.807, 2.05) is 18.2 Å². The minimum Gasteiger partial charge on any atom is -0.394 e. The van der Waals surface area contributed by atoms with Crippen molar-refractivity contribution in [1.29, 1.82) is 0 Å². The second kappa shape index (κ2) is 33.4. The number of aliphatic hydroxyl groups is 5. The normalized spacial score (nSPS) is 21.1.